The van der Waals surface area contributed by atoms with Crippen LogP contribution in [0.1, 0.15) is 49.3 Å². The van der Waals surface area contributed by atoms with E-state index in [0.29, 0.717) is 23.6 Å². The van der Waals surface area contributed by atoms with Crippen LogP contribution in [0.15, 0.2) is 42.5 Å². The Kier molecular flexibility index (Phi) is 5.27. The average molecular weight is 348 g/mol. The third-order valence-electron chi connectivity index (χ3n) is 5.17. The predicted molar refractivity (Wildman–Crippen MR) is 102 cm³/mol. The Balaban J connectivity index is 1.90. The Hall–Kier alpha value is -2.80. The summed E-state index contributed by atoms with van der Waals surface area (Å²) < 4.78 is 5.44. The summed E-state index contributed by atoms with van der Waals surface area (Å²) in [6.07, 6.45) is 3.74. The molecule has 0 radical (unpaired) electrons. The van der Waals surface area contributed by atoms with E-state index in [1.54, 1.807) is 18.2 Å². The molecule has 4 heteroatoms. The maximum atomic E-state index is 13.2. The van der Waals surface area contributed by atoms with Crippen LogP contribution in [0.5, 0.6) is 5.75 Å². The Morgan fingerprint density at radius 1 is 1.19 bits per heavy atom. The summed E-state index contributed by atoms with van der Waals surface area (Å²) in [4.78, 5) is 13.2. The second-order valence-electron chi connectivity index (χ2n) is 6.86. The van der Waals surface area contributed by atoms with Crippen molar-refractivity contribution in [3.63, 3.8) is 0 Å². The molecule has 0 spiro atoms. The number of carbonyl (C=O) groups is 1. The molecule has 0 heterocycles. The molecule has 2 aromatic rings. The smallest absolute Gasteiger partial charge is 0.235 e. The summed E-state index contributed by atoms with van der Waals surface area (Å²) in [5, 5.41) is 12.5. The highest BCUT2D eigenvalue weighted by molar-refractivity contribution is 6.00. The quantitative estimate of drug-likeness (QED) is 0.851. The van der Waals surface area contributed by atoms with E-state index in [4.69, 9.17) is 4.74 Å². The topological polar surface area (TPSA) is 62.1 Å². The molecule has 0 aromatic heterocycles. The molecule has 0 unspecified atom stereocenters. The van der Waals surface area contributed by atoms with Gasteiger partial charge >= 0.3 is 0 Å². The van der Waals surface area contributed by atoms with Crippen LogP contribution in [-0.2, 0) is 10.2 Å². The van der Waals surface area contributed by atoms with E-state index in [-0.39, 0.29) is 5.91 Å². The van der Waals surface area contributed by atoms with Gasteiger partial charge in [0, 0.05) is 0 Å². The zero-order chi connectivity index (χ0) is 18.6. The number of benzene rings is 2. The second kappa shape index (κ2) is 7.61. The highest BCUT2D eigenvalue weighted by Crippen LogP contribution is 2.42. The highest BCUT2D eigenvalue weighted by atomic mass is 16.5. The number of hydrogen-bond acceptors (Lipinski definition) is 3. The number of nitrogens with one attached hydrogen (secondary N) is 1. The highest BCUT2D eigenvalue weighted by Gasteiger charge is 2.42. The van der Waals surface area contributed by atoms with Gasteiger partial charge in [0.15, 0.2) is 0 Å². The summed E-state index contributed by atoms with van der Waals surface area (Å²) in [5.74, 6) is 0.607. The normalized spacial score (nSPS) is 15.3. The first kappa shape index (κ1) is 18.0. The molecule has 0 atom stereocenters. The number of ether oxygens (including phenoxy) is 1. The van der Waals surface area contributed by atoms with Crippen LogP contribution in [0, 0.1) is 18.3 Å². The van der Waals surface area contributed by atoms with Gasteiger partial charge in [0.2, 0.25) is 5.91 Å². The van der Waals surface area contributed by atoms with Crippen molar-refractivity contribution in [2.45, 2.75) is 44.9 Å². The van der Waals surface area contributed by atoms with Gasteiger partial charge < -0.3 is 10.1 Å². The average Bonchev–Trinajstić information content (AvgIpc) is 3.15. The van der Waals surface area contributed by atoms with Crippen molar-refractivity contribution in [3.05, 3.63) is 59.2 Å². The number of amides is 1. The zero-order valence-electron chi connectivity index (χ0n) is 15.3. The monoisotopic (exact) mass is 348 g/mol. The Morgan fingerprint density at radius 2 is 1.88 bits per heavy atom. The Morgan fingerprint density at radius 3 is 2.50 bits per heavy atom. The lowest BCUT2D eigenvalue weighted by atomic mass is 9.77. The van der Waals surface area contributed by atoms with E-state index < -0.39 is 5.41 Å². The number of nitriles is 1. The number of rotatable bonds is 5. The third-order valence-corrected chi connectivity index (χ3v) is 5.17. The molecular formula is C22H24N2O2. The molecule has 1 N–H and O–H groups in total. The molecule has 1 aliphatic rings. The van der Waals surface area contributed by atoms with Gasteiger partial charge in [-0.25, -0.2) is 0 Å². The van der Waals surface area contributed by atoms with Crippen LogP contribution >= 0.6 is 0 Å². The van der Waals surface area contributed by atoms with Crippen molar-refractivity contribution in [1.82, 2.24) is 0 Å². The summed E-state index contributed by atoms with van der Waals surface area (Å²) in [5.41, 5.74) is 2.68. The maximum Gasteiger partial charge on any atom is 0.235 e. The molecule has 4 nitrogen and oxygen atoms in total. The van der Waals surface area contributed by atoms with Crippen LogP contribution in [-0.4, -0.2) is 12.5 Å². The standard InChI is InChI=1S/C22H24N2O2/c1-3-26-19-10-11-20(17(14-19)15-23)24-21(25)22(12-4-5-13-22)18-8-6-16(2)7-9-18/h6-11,14H,3-5,12-13H2,1-2H3,(H,24,25). The van der Waals surface area contributed by atoms with Crippen molar-refractivity contribution in [2.75, 3.05) is 11.9 Å². The van der Waals surface area contributed by atoms with Gasteiger partial charge in [-0.15, -0.1) is 0 Å². The first-order valence-corrected chi connectivity index (χ1v) is 9.14. The van der Waals surface area contributed by atoms with Crippen LogP contribution in [0.25, 0.3) is 0 Å². The van der Waals surface area contributed by atoms with Gasteiger partial charge in [-0.3, -0.25) is 4.79 Å². The minimum Gasteiger partial charge on any atom is -0.494 e. The van der Waals surface area contributed by atoms with E-state index in [9.17, 15) is 10.1 Å². The SMILES string of the molecule is CCOc1ccc(NC(=O)C2(c3ccc(C)cc3)CCCC2)c(C#N)c1. The van der Waals surface area contributed by atoms with Crippen molar-refractivity contribution in [3.8, 4) is 11.8 Å². The van der Waals surface area contributed by atoms with Crippen molar-refractivity contribution < 1.29 is 9.53 Å². The van der Waals surface area contributed by atoms with E-state index >= 15 is 0 Å². The van der Waals surface area contributed by atoms with Gasteiger partial charge in [-0.2, -0.15) is 5.26 Å². The summed E-state index contributed by atoms with van der Waals surface area (Å²) in [6.45, 7) is 4.48. The van der Waals surface area contributed by atoms with Gasteiger partial charge in [0.1, 0.15) is 11.8 Å². The second-order valence-corrected chi connectivity index (χ2v) is 6.86. The van der Waals surface area contributed by atoms with Gasteiger partial charge in [-0.1, -0.05) is 42.7 Å². The molecule has 0 bridgehead atoms. The molecule has 1 saturated carbocycles. The minimum atomic E-state index is -0.515. The van der Waals surface area contributed by atoms with Crippen LogP contribution < -0.4 is 10.1 Å². The number of hydrogen-bond donors (Lipinski definition) is 1. The van der Waals surface area contributed by atoms with Gasteiger partial charge in [0.25, 0.3) is 0 Å². The fraction of sp³-hybridized carbons (Fsp3) is 0.364. The van der Waals surface area contributed by atoms with E-state index in [1.807, 2.05) is 13.8 Å². The van der Waals surface area contributed by atoms with Gasteiger partial charge in [-0.05, 0) is 50.5 Å². The molecule has 2 aromatic carbocycles. The van der Waals surface area contributed by atoms with E-state index in [2.05, 4.69) is 35.7 Å². The number of nitrogens with zero attached hydrogens (tertiary/aromatic N) is 1. The Labute approximate surface area is 154 Å². The minimum absolute atomic E-state index is 0.0282. The van der Waals surface area contributed by atoms with Crippen molar-refractivity contribution in [2.24, 2.45) is 0 Å². The maximum absolute atomic E-state index is 13.2. The zero-order valence-corrected chi connectivity index (χ0v) is 15.3. The first-order chi connectivity index (χ1) is 12.6. The number of aryl methyl sites for hydroxylation is 1. The molecule has 1 fully saturated rings. The van der Waals surface area contributed by atoms with Crippen LogP contribution in [0.2, 0.25) is 0 Å². The lowest BCUT2D eigenvalue weighted by Gasteiger charge is -2.28. The molecular weight excluding hydrogens is 324 g/mol. The van der Waals surface area contributed by atoms with E-state index in [0.717, 1.165) is 31.2 Å². The van der Waals surface area contributed by atoms with E-state index in [1.165, 1.54) is 5.56 Å². The lowest BCUT2D eigenvalue weighted by Crippen LogP contribution is -2.38. The molecule has 1 aliphatic carbocycles. The largest absolute Gasteiger partial charge is 0.494 e. The van der Waals surface area contributed by atoms with Crippen LogP contribution in [0.4, 0.5) is 5.69 Å². The summed E-state index contributed by atoms with van der Waals surface area (Å²) in [7, 11) is 0. The third kappa shape index (κ3) is 3.43. The van der Waals surface area contributed by atoms with Gasteiger partial charge in [0.05, 0.1) is 23.3 Å². The fourth-order valence-electron chi connectivity index (χ4n) is 3.72. The predicted octanol–water partition coefficient (Wildman–Crippen LogP) is 4.72. The summed E-state index contributed by atoms with van der Waals surface area (Å²) in [6, 6.07) is 15.6. The molecule has 0 aliphatic heterocycles. The molecule has 1 amide bonds. The molecule has 134 valence electrons. The Bertz CT molecular complexity index is 828. The fourth-order valence-corrected chi connectivity index (χ4v) is 3.72. The van der Waals surface area contributed by atoms with Crippen molar-refractivity contribution >= 4 is 11.6 Å². The number of anilines is 1. The summed E-state index contributed by atoms with van der Waals surface area (Å²) >= 11 is 0. The lowest BCUT2D eigenvalue weighted by molar-refractivity contribution is -0.121. The first-order valence-electron chi connectivity index (χ1n) is 9.14. The molecule has 26 heavy (non-hydrogen) atoms. The van der Waals surface area contributed by atoms with Crippen LogP contribution in [0.3, 0.4) is 0 Å². The number of carbonyl (C=O) groups excluding carboxylic acids is 1. The molecule has 3 rings (SSSR count). The van der Waals surface area contributed by atoms with Crippen molar-refractivity contribution in [1.29, 1.82) is 5.26 Å². The molecule has 0 saturated heterocycles.